The van der Waals surface area contributed by atoms with Crippen LogP contribution in [-0.4, -0.2) is 57.1 Å². The van der Waals surface area contributed by atoms with E-state index in [-0.39, 0.29) is 0 Å². The first kappa shape index (κ1) is 17.8. The number of aliphatic carboxylic acids is 1. The molecule has 0 radical (unpaired) electrons. The van der Waals surface area contributed by atoms with Crippen LogP contribution in [0.3, 0.4) is 0 Å². The zero-order valence-electron chi connectivity index (χ0n) is 14.7. The van der Waals surface area contributed by atoms with Crippen LogP contribution in [0.5, 0.6) is 0 Å². The quantitative estimate of drug-likeness (QED) is 0.718. The summed E-state index contributed by atoms with van der Waals surface area (Å²) in [5.74, 6) is -0.164. The summed E-state index contributed by atoms with van der Waals surface area (Å²) in [6.45, 7) is 2.80. The first-order valence-corrected chi connectivity index (χ1v) is 9.26. The van der Waals surface area contributed by atoms with E-state index in [1.165, 1.54) is 0 Å². The van der Waals surface area contributed by atoms with Crippen molar-refractivity contribution in [3.05, 3.63) is 53.4 Å². The molecule has 0 saturated carbocycles. The third kappa shape index (κ3) is 3.61. The fraction of sp³-hybridized carbons (Fsp3) is 0.316. The Balaban J connectivity index is 1.60. The lowest BCUT2D eigenvalue weighted by atomic mass is 10.0. The molecule has 1 aliphatic heterocycles. The number of nitrogens with zero attached hydrogens (tertiary/aromatic N) is 4. The van der Waals surface area contributed by atoms with Crippen LogP contribution < -0.4 is 4.90 Å². The number of anilines is 1. The molecule has 1 fully saturated rings. The molecule has 140 valence electrons. The maximum absolute atomic E-state index is 12.2. The maximum atomic E-state index is 12.2. The molecule has 0 amide bonds. The van der Waals surface area contributed by atoms with E-state index in [0.29, 0.717) is 30.6 Å². The Hall–Kier alpha value is -2.64. The van der Waals surface area contributed by atoms with Crippen molar-refractivity contribution >= 4 is 34.4 Å². The number of nitrogens with one attached hydrogen (secondary N) is 1. The van der Waals surface area contributed by atoms with Crippen LogP contribution in [0, 0.1) is 0 Å². The maximum Gasteiger partial charge on any atom is 0.325 e. The number of carboxylic acid groups (broad SMARTS) is 1. The lowest BCUT2D eigenvalue weighted by molar-refractivity contribution is -0.143. The summed E-state index contributed by atoms with van der Waals surface area (Å²) in [6, 6.07) is 6.56. The van der Waals surface area contributed by atoms with Crippen molar-refractivity contribution in [3.8, 4) is 0 Å². The molecule has 7 nitrogen and oxygen atoms in total. The highest BCUT2D eigenvalue weighted by molar-refractivity contribution is 6.31. The highest BCUT2D eigenvalue weighted by atomic mass is 35.5. The fourth-order valence-electron chi connectivity index (χ4n) is 3.68. The Bertz CT molecular complexity index is 946. The Morgan fingerprint density at radius 1 is 1.19 bits per heavy atom. The summed E-state index contributed by atoms with van der Waals surface area (Å²) in [5.41, 5.74) is 1.61. The molecule has 0 unspecified atom stereocenters. The van der Waals surface area contributed by atoms with Crippen LogP contribution in [-0.2, 0) is 4.79 Å². The molecule has 2 N–H and O–H groups in total. The van der Waals surface area contributed by atoms with Gasteiger partial charge < -0.3 is 15.0 Å². The Morgan fingerprint density at radius 2 is 2.00 bits per heavy atom. The number of carboxylic acids is 1. The Morgan fingerprint density at radius 3 is 2.78 bits per heavy atom. The Labute approximate surface area is 161 Å². The number of H-pyrrole nitrogens is 1. The number of benzene rings is 1. The minimum Gasteiger partial charge on any atom is -0.480 e. The molecule has 3 aromatic rings. The van der Waals surface area contributed by atoms with Gasteiger partial charge in [-0.25, -0.2) is 9.97 Å². The standard InChI is InChI=1S/C19H20ClN5O2/c20-13-3-4-14-15(12-23-16(14)11-13)17(18(26)27)24-7-2-8-25(10-9-24)19-21-5-1-6-22-19/h1,3-6,11-12,17,23H,2,7-10H2,(H,26,27)/t17-/m1/s1. The van der Waals surface area contributed by atoms with E-state index >= 15 is 0 Å². The molecule has 1 aromatic carbocycles. The molecule has 27 heavy (non-hydrogen) atoms. The van der Waals surface area contributed by atoms with Gasteiger partial charge in [0.25, 0.3) is 0 Å². The molecular formula is C19H20ClN5O2. The van der Waals surface area contributed by atoms with Crippen molar-refractivity contribution in [2.75, 3.05) is 31.1 Å². The average Bonchev–Trinajstić information content (AvgIpc) is 2.91. The summed E-state index contributed by atoms with van der Waals surface area (Å²) in [6.07, 6.45) is 6.07. The van der Waals surface area contributed by atoms with Crippen molar-refractivity contribution < 1.29 is 9.90 Å². The van der Waals surface area contributed by atoms with Crippen LogP contribution in [0.25, 0.3) is 10.9 Å². The number of hydrogen-bond donors (Lipinski definition) is 2. The summed E-state index contributed by atoms with van der Waals surface area (Å²) in [4.78, 5) is 28.0. The predicted octanol–water partition coefficient (Wildman–Crippen LogP) is 2.95. The van der Waals surface area contributed by atoms with Gasteiger partial charge in [0.1, 0.15) is 6.04 Å². The van der Waals surface area contributed by atoms with E-state index in [9.17, 15) is 9.90 Å². The van der Waals surface area contributed by atoms with Crippen LogP contribution >= 0.6 is 11.6 Å². The Kier molecular flexibility index (Phi) is 4.96. The van der Waals surface area contributed by atoms with Gasteiger partial charge in [-0.15, -0.1) is 0 Å². The largest absolute Gasteiger partial charge is 0.480 e. The van der Waals surface area contributed by atoms with Crippen LogP contribution in [0.1, 0.15) is 18.0 Å². The SMILES string of the molecule is O=C(O)[C@@H](c1c[nH]c2cc(Cl)ccc12)N1CCCN(c2ncccn2)CC1. The zero-order valence-corrected chi connectivity index (χ0v) is 15.4. The number of hydrogen-bond acceptors (Lipinski definition) is 5. The molecule has 0 bridgehead atoms. The van der Waals surface area contributed by atoms with E-state index in [1.54, 1.807) is 30.7 Å². The van der Waals surface area contributed by atoms with Gasteiger partial charge in [-0.2, -0.15) is 0 Å². The molecule has 3 heterocycles. The number of fused-ring (bicyclic) bond motifs is 1. The van der Waals surface area contributed by atoms with E-state index < -0.39 is 12.0 Å². The van der Waals surface area contributed by atoms with Crippen molar-refractivity contribution in [3.63, 3.8) is 0 Å². The number of carbonyl (C=O) groups is 1. The normalized spacial score (nSPS) is 17.0. The molecular weight excluding hydrogens is 366 g/mol. The topological polar surface area (TPSA) is 85.4 Å². The van der Waals surface area contributed by atoms with E-state index in [2.05, 4.69) is 19.9 Å². The number of aromatic nitrogens is 3. The predicted molar refractivity (Wildman–Crippen MR) is 104 cm³/mol. The third-order valence-corrected chi connectivity index (χ3v) is 5.17. The lowest BCUT2D eigenvalue weighted by Crippen LogP contribution is -2.37. The van der Waals surface area contributed by atoms with Gasteiger partial charge in [0.15, 0.2) is 0 Å². The van der Waals surface area contributed by atoms with Gasteiger partial charge in [-0.3, -0.25) is 9.69 Å². The third-order valence-electron chi connectivity index (χ3n) is 4.93. The average molecular weight is 386 g/mol. The first-order chi connectivity index (χ1) is 13.1. The summed E-state index contributed by atoms with van der Waals surface area (Å²) in [7, 11) is 0. The smallest absolute Gasteiger partial charge is 0.325 e. The molecule has 8 heteroatoms. The second-order valence-electron chi connectivity index (χ2n) is 6.60. The molecule has 1 atom stereocenters. The van der Waals surface area contributed by atoms with Crippen LogP contribution in [0.15, 0.2) is 42.9 Å². The van der Waals surface area contributed by atoms with Gasteiger partial charge in [-0.1, -0.05) is 17.7 Å². The van der Waals surface area contributed by atoms with Gasteiger partial charge in [-0.05, 0) is 24.6 Å². The fourth-order valence-corrected chi connectivity index (χ4v) is 3.86. The van der Waals surface area contributed by atoms with Crippen molar-refractivity contribution in [1.29, 1.82) is 0 Å². The molecule has 1 aliphatic rings. The van der Waals surface area contributed by atoms with Gasteiger partial charge in [0, 0.05) is 66.3 Å². The van der Waals surface area contributed by atoms with Crippen LogP contribution in [0.2, 0.25) is 5.02 Å². The van der Waals surface area contributed by atoms with Gasteiger partial charge in [0.05, 0.1) is 0 Å². The summed E-state index contributed by atoms with van der Waals surface area (Å²) >= 11 is 6.05. The molecule has 0 aliphatic carbocycles. The zero-order chi connectivity index (χ0) is 18.8. The molecule has 1 saturated heterocycles. The lowest BCUT2D eigenvalue weighted by Gasteiger charge is -2.27. The monoisotopic (exact) mass is 385 g/mol. The van der Waals surface area contributed by atoms with Gasteiger partial charge >= 0.3 is 5.97 Å². The summed E-state index contributed by atoms with van der Waals surface area (Å²) < 4.78 is 0. The van der Waals surface area contributed by atoms with E-state index in [0.717, 1.165) is 29.4 Å². The van der Waals surface area contributed by atoms with E-state index in [4.69, 9.17) is 11.6 Å². The minimum absolute atomic E-state index is 0.621. The number of aromatic amines is 1. The second-order valence-corrected chi connectivity index (χ2v) is 7.04. The molecule has 0 spiro atoms. The first-order valence-electron chi connectivity index (χ1n) is 8.89. The highest BCUT2D eigenvalue weighted by Crippen LogP contribution is 2.31. The van der Waals surface area contributed by atoms with Gasteiger partial charge in [0.2, 0.25) is 5.95 Å². The van der Waals surface area contributed by atoms with Crippen LogP contribution in [0.4, 0.5) is 5.95 Å². The minimum atomic E-state index is -0.852. The highest BCUT2D eigenvalue weighted by Gasteiger charge is 2.31. The molecule has 2 aromatic heterocycles. The summed E-state index contributed by atoms with van der Waals surface area (Å²) in [5, 5.41) is 11.5. The number of halogens is 1. The van der Waals surface area contributed by atoms with Crippen molar-refractivity contribution in [2.45, 2.75) is 12.5 Å². The van der Waals surface area contributed by atoms with Crippen molar-refractivity contribution in [2.24, 2.45) is 0 Å². The van der Waals surface area contributed by atoms with E-state index in [1.807, 2.05) is 17.0 Å². The number of rotatable bonds is 4. The second kappa shape index (κ2) is 7.54. The molecule has 4 rings (SSSR count). The van der Waals surface area contributed by atoms with Crippen molar-refractivity contribution in [1.82, 2.24) is 19.9 Å².